The van der Waals surface area contributed by atoms with Crippen molar-refractivity contribution in [1.82, 2.24) is 20.4 Å². The fraction of sp³-hybridized carbons (Fsp3) is 0.696. The summed E-state index contributed by atoms with van der Waals surface area (Å²) in [4.78, 5) is 9.55. The summed E-state index contributed by atoms with van der Waals surface area (Å²) >= 11 is 0. The Balaban J connectivity index is 1.29. The zero-order valence-electron chi connectivity index (χ0n) is 17.9. The van der Waals surface area contributed by atoms with E-state index in [1.807, 2.05) is 7.05 Å². The predicted molar refractivity (Wildman–Crippen MR) is 119 cm³/mol. The molecule has 2 fully saturated rings. The largest absolute Gasteiger partial charge is 0.356 e. The van der Waals surface area contributed by atoms with Crippen LogP contribution in [0.3, 0.4) is 0 Å². The Morgan fingerprint density at radius 2 is 1.68 bits per heavy atom. The van der Waals surface area contributed by atoms with Crippen LogP contribution < -0.4 is 10.6 Å². The van der Waals surface area contributed by atoms with Gasteiger partial charge in [-0.25, -0.2) is 0 Å². The summed E-state index contributed by atoms with van der Waals surface area (Å²) in [7, 11) is 1.88. The summed E-state index contributed by atoms with van der Waals surface area (Å²) in [5.41, 5.74) is 2.77. The molecule has 0 unspecified atom stereocenters. The summed E-state index contributed by atoms with van der Waals surface area (Å²) in [6.45, 7) is 11.3. The molecule has 0 saturated carbocycles. The highest BCUT2D eigenvalue weighted by Gasteiger charge is 2.19. The molecule has 2 aliphatic heterocycles. The average molecular weight is 386 g/mol. The molecule has 0 aromatic heterocycles. The van der Waals surface area contributed by atoms with Crippen LogP contribution >= 0.6 is 0 Å². The number of hydrogen-bond acceptors (Lipinski definition) is 3. The molecule has 5 nitrogen and oxygen atoms in total. The molecule has 28 heavy (non-hydrogen) atoms. The molecule has 2 heterocycles. The molecule has 3 rings (SSSR count). The van der Waals surface area contributed by atoms with Gasteiger partial charge in [0.25, 0.3) is 0 Å². The van der Waals surface area contributed by atoms with Crippen LogP contribution in [0.4, 0.5) is 0 Å². The predicted octanol–water partition coefficient (Wildman–Crippen LogP) is 2.86. The van der Waals surface area contributed by atoms with Gasteiger partial charge in [-0.2, -0.15) is 0 Å². The van der Waals surface area contributed by atoms with Gasteiger partial charge < -0.3 is 15.5 Å². The summed E-state index contributed by atoms with van der Waals surface area (Å²) in [5, 5.41) is 7.04. The SMILES string of the molecule is CN=C(NCCN1CCCCC1)NCC1CCN(Cc2ccc(C)cc2)CC1. The van der Waals surface area contributed by atoms with Gasteiger partial charge in [-0.3, -0.25) is 9.89 Å². The normalized spacial score (nSPS) is 20.3. The minimum absolute atomic E-state index is 0.745. The maximum absolute atomic E-state index is 4.40. The van der Waals surface area contributed by atoms with Crippen molar-refractivity contribution in [1.29, 1.82) is 0 Å². The van der Waals surface area contributed by atoms with E-state index in [0.29, 0.717) is 0 Å². The molecule has 0 atom stereocenters. The molecular formula is C23H39N5. The van der Waals surface area contributed by atoms with E-state index in [2.05, 4.69) is 56.6 Å². The highest BCUT2D eigenvalue weighted by molar-refractivity contribution is 5.79. The van der Waals surface area contributed by atoms with Gasteiger partial charge in [0.05, 0.1) is 0 Å². The van der Waals surface area contributed by atoms with E-state index in [1.54, 1.807) is 0 Å². The first kappa shape index (κ1) is 21.1. The van der Waals surface area contributed by atoms with E-state index in [9.17, 15) is 0 Å². The van der Waals surface area contributed by atoms with Gasteiger partial charge in [0.1, 0.15) is 0 Å². The molecule has 2 N–H and O–H groups in total. The van der Waals surface area contributed by atoms with Crippen molar-refractivity contribution >= 4 is 5.96 Å². The lowest BCUT2D eigenvalue weighted by molar-refractivity contribution is 0.178. The van der Waals surface area contributed by atoms with E-state index in [1.165, 1.54) is 69.4 Å². The van der Waals surface area contributed by atoms with E-state index in [4.69, 9.17) is 0 Å². The monoisotopic (exact) mass is 385 g/mol. The van der Waals surface area contributed by atoms with Crippen LogP contribution in [0.25, 0.3) is 0 Å². The average Bonchev–Trinajstić information content (AvgIpc) is 2.74. The van der Waals surface area contributed by atoms with Crippen LogP contribution in [-0.4, -0.2) is 68.6 Å². The van der Waals surface area contributed by atoms with Crippen molar-refractivity contribution in [3.8, 4) is 0 Å². The number of guanidine groups is 1. The Hall–Kier alpha value is -1.59. The fourth-order valence-corrected chi connectivity index (χ4v) is 4.28. The van der Waals surface area contributed by atoms with E-state index >= 15 is 0 Å². The van der Waals surface area contributed by atoms with Crippen LogP contribution in [-0.2, 0) is 6.54 Å². The van der Waals surface area contributed by atoms with Crippen LogP contribution in [0.1, 0.15) is 43.2 Å². The quantitative estimate of drug-likeness (QED) is 0.559. The van der Waals surface area contributed by atoms with Gasteiger partial charge in [0.15, 0.2) is 5.96 Å². The first-order valence-electron chi connectivity index (χ1n) is 11.2. The number of nitrogens with one attached hydrogen (secondary N) is 2. The van der Waals surface area contributed by atoms with Gasteiger partial charge in [0.2, 0.25) is 0 Å². The van der Waals surface area contributed by atoms with Crippen LogP contribution in [0.15, 0.2) is 29.3 Å². The number of piperidine rings is 2. The Morgan fingerprint density at radius 3 is 2.36 bits per heavy atom. The summed E-state index contributed by atoms with van der Waals surface area (Å²) in [6, 6.07) is 8.97. The van der Waals surface area contributed by atoms with Crippen molar-refractivity contribution in [2.24, 2.45) is 10.9 Å². The third kappa shape index (κ3) is 7.10. The Bertz CT molecular complexity index is 584. The van der Waals surface area contributed by atoms with Crippen LogP contribution in [0, 0.1) is 12.8 Å². The Kier molecular flexibility index (Phi) is 8.62. The number of aryl methyl sites for hydroxylation is 1. The molecular weight excluding hydrogens is 346 g/mol. The van der Waals surface area contributed by atoms with Crippen molar-refractivity contribution in [3.63, 3.8) is 0 Å². The number of hydrogen-bond donors (Lipinski definition) is 2. The minimum Gasteiger partial charge on any atom is -0.356 e. The van der Waals surface area contributed by atoms with E-state index in [0.717, 1.165) is 38.1 Å². The van der Waals surface area contributed by atoms with Crippen LogP contribution in [0.2, 0.25) is 0 Å². The van der Waals surface area contributed by atoms with E-state index < -0.39 is 0 Å². The Labute approximate surface area is 171 Å². The molecule has 2 saturated heterocycles. The minimum atomic E-state index is 0.745. The number of likely N-dealkylation sites (tertiary alicyclic amines) is 2. The summed E-state index contributed by atoms with van der Waals surface area (Å²) in [6.07, 6.45) is 6.65. The van der Waals surface area contributed by atoms with Crippen molar-refractivity contribution in [2.45, 2.75) is 45.6 Å². The third-order valence-corrected chi connectivity index (χ3v) is 6.18. The maximum atomic E-state index is 4.40. The topological polar surface area (TPSA) is 42.9 Å². The molecule has 1 aromatic rings. The van der Waals surface area contributed by atoms with Crippen molar-refractivity contribution < 1.29 is 0 Å². The second-order valence-corrected chi connectivity index (χ2v) is 8.49. The number of rotatable bonds is 7. The first-order valence-corrected chi connectivity index (χ1v) is 11.2. The highest BCUT2D eigenvalue weighted by Crippen LogP contribution is 2.18. The van der Waals surface area contributed by atoms with Crippen molar-refractivity contribution in [2.75, 3.05) is 52.9 Å². The smallest absolute Gasteiger partial charge is 0.191 e. The lowest BCUT2D eigenvalue weighted by Crippen LogP contribution is -2.45. The molecule has 0 bridgehead atoms. The second kappa shape index (κ2) is 11.4. The number of nitrogens with zero attached hydrogens (tertiary/aromatic N) is 3. The molecule has 156 valence electrons. The molecule has 5 heteroatoms. The van der Waals surface area contributed by atoms with Gasteiger partial charge in [0, 0.05) is 33.2 Å². The van der Waals surface area contributed by atoms with Crippen molar-refractivity contribution in [3.05, 3.63) is 35.4 Å². The lowest BCUT2D eigenvalue weighted by Gasteiger charge is -2.32. The first-order chi connectivity index (χ1) is 13.7. The number of aliphatic imine (C=N–C) groups is 1. The van der Waals surface area contributed by atoms with Gasteiger partial charge in [-0.05, 0) is 70.3 Å². The third-order valence-electron chi connectivity index (χ3n) is 6.18. The summed E-state index contributed by atoms with van der Waals surface area (Å²) < 4.78 is 0. The van der Waals surface area contributed by atoms with E-state index in [-0.39, 0.29) is 0 Å². The van der Waals surface area contributed by atoms with Gasteiger partial charge in [-0.15, -0.1) is 0 Å². The molecule has 0 radical (unpaired) electrons. The van der Waals surface area contributed by atoms with Gasteiger partial charge >= 0.3 is 0 Å². The maximum Gasteiger partial charge on any atom is 0.191 e. The fourth-order valence-electron chi connectivity index (χ4n) is 4.28. The zero-order valence-corrected chi connectivity index (χ0v) is 17.9. The molecule has 1 aromatic carbocycles. The van der Waals surface area contributed by atoms with Crippen LogP contribution in [0.5, 0.6) is 0 Å². The zero-order chi connectivity index (χ0) is 19.6. The second-order valence-electron chi connectivity index (χ2n) is 8.49. The van der Waals surface area contributed by atoms with Gasteiger partial charge in [-0.1, -0.05) is 36.2 Å². The molecule has 2 aliphatic rings. The standard InChI is InChI=1S/C23H39N5/c1-20-6-8-22(9-7-20)19-28-15-10-21(11-16-28)18-26-23(24-2)25-12-17-27-13-4-3-5-14-27/h6-9,21H,3-5,10-19H2,1-2H3,(H2,24,25,26). The Morgan fingerprint density at radius 1 is 0.964 bits per heavy atom. The highest BCUT2D eigenvalue weighted by atomic mass is 15.2. The molecule has 0 aliphatic carbocycles. The lowest BCUT2D eigenvalue weighted by atomic mass is 9.96. The molecule has 0 amide bonds. The summed E-state index contributed by atoms with van der Waals surface area (Å²) in [5.74, 6) is 1.70. The number of benzene rings is 1. The molecule has 0 spiro atoms.